The number of halogens is 4. The topological polar surface area (TPSA) is 0 Å². The Labute approximate surface area is 180 Å². The molecule has 0 unspecified atom stereocenters. The fraction of sp³-hybridized carbons (Fsp3) is 0.294. The summed E-state index contributed by atoms with van der Waals surface area (Å²) in [5.74, 6) is 0. The highest BCUT2D eigenvalue weighted by atomic mass is 127. The largest absolute Gasteiger partial charge is 0.0642 e. The number of hydrogen-bond donors (Lipinski definition) is 0. The van der Waals surface area contributed by atoms with Gasteiger partial charge >= 0.3 is 0 Å². The van der Waals surface area contributed by atoms with Crippen molar-refractivity contribution in [2.24, 2.45) is 0 Å². The summed E-state index contributed by atoms with van der Waals surface area (Å²) in [4.78, 5) is 0. The first-order valence-corrected chi connectivity index (χ1v) is 11.3. The molecule has 0 saturated heterocycles. The zero-order valence-corrected chi connectivity index (χ0v) is 20.4. The van der Waals surface area contributed by atoms with Crippen LogP contribution in [0.3, 0.4) is 0 Å². The van der Waals surface area contributed by atoms with E-state index in [4.69, 9.17) is 0 Å². The molecule has 0 aromatic heterocycles. The summed E-state index contributed by atoms with van der Waals surface area (Å²) in [5.41, 5.74) is 6.23. The van der Waals surface area contributed by atoms with Crippen LogP contribution in [0.1, 0.15) is 37.8 Å². The van der Waals surface area contributed by atoms with Crippen LogP contribution in [0.5, 0.6) is 0 Å². The number of benzene rings is 2. The first-order chi connectivity index (χ1) is 9.94. The molecule has 0 saturated carbocycles. The standard InChI is InChI=1S/C17H14I4/c1-3-17(4-2)11-5-9(18)7-13(20)15(11)16-12(17)6-10(19)8-14(16)21/h5-8H,3-4H2,1-2H3. The van der Waals surface area contributed by atoms with Gasteiger partial charge in [0.2, 0.25) is 0 Å². The average Bonchev–Trinajstić information content (AvgIpc) is 2.69. The Kier molecular flexibility index (Phi) is 5.19. The van der Waals surface area contributed by atoms with Gasteiger partial charge in [-0.25, -0.2) is 0 Å². The molecule has 110 valence electrons. The van der Waals surface area contributed by atoms with E-state index in [0.717, 1.165) is 12.8 Å². The van der Waals surface area contributed by atoms with Crippen LogP contribution < -0.4 is 0 Å². The van der Waals surface area contributed by atoms with Gasteiger partial charge in [-0.05, 0) is 139 Å². The van der Waals surface area contributed by atoms with Crippen LogP contribution in [0.25, 0.3) is 11.1 Å². The Morgan fingerprint density at radius 2 is 1.10 bits per heavy atom. The molecule has 0 radical (unpaired) electrons. The molecule has 1 aliphatic rings. The lowest BCUT2D eigenvalue weighted by Crippen LogP contribution is -2.23. The molecule has 0 heterocycles. The normalized spacial score (nSPS) is 15.0. The van der Waals surface area contributed by atoms with Crippen molar-refractivity contribution in [3.8, 4) is 11.1 Å². The van der Waals surface area contributed by atoms with Crippen molar-refractivity contribution in [2.45, 2.75) is 32.1 Å². The molecule has 0 amide bonds. The highest BCUT2D eigenvalue weighted by Gasteiger charge is 2.42. The van der Waals surface area contributed by atoms with Crippen LogP contribution >= 0.6 is 90.4 Å². The van der Waals surface area contributed by atoms with Crippen LogP contribution in [0, 0.1) is 14.3 Å². The summed E-state index contributed by atoms with van der Waals surface area (Å²) in [6.45, 7) is 4.67. The fourth-order valence-corrected chi connectivity index (χ4v) is 7.80. The number of fused-ring (bicyclic) bond motifs is 3. The smallest absolute Gasteiger partial charge is 0.0222 e. The zero-order chi connectivity index (χ0) is 15.4. The van der Waals surface area contributed by atoms with Crippen LogP contribution in [0.4, 0.5) is 0 Å². The second-order valence-corrected chi connectivity index (χ2v) is 10.2. The maximum absolute atomic E-state index is 2.51. The van der Waals surface area contributed by atoms with E-state index in [0.29, 0.717) is 0 Å². The van der Waals surface area contributed by atoms with E-state index < -0.39 is 0 Å². The minimum absolute atomic E-state index is 0.187. The van der Waals surface area contributed by atoms with Crippen LogP contribution in [-0.4, -0.2) is 0 Å². The van der Waals surface area contributed by atoms with Crippen LogP contribution in [0.15, 0.2) is 24.3 Å². The van der Waals surface area contributed by atoms with Crippen molar-refractivity contribution < 1.29 is 0 Å². The lowest BCUT2D eigenvalue weighted by Gasteiger charge is -2.30. The molecule has 3 rings (SSSR count). The highest BCUT2D eigenvalue weighted by Crippen LogP contribution is 2.55. The Hall–Kier alpha value is 1.36. The molecule has 4 heteroatoms. The summed E-state index contributed by atoms with van der Waals surface area (Å²) in [6, 6.07) is 9.43. The van der Waals surface area contributed by atoms with Crippen molar-refractivity contribution >= 4 is 90.4 Å². The van der Waals surface area contributed by atoms with Crippen molar-refractivity contribution in [3.63, 3.8) is 0 Å². The zero-order valence-electron chi connectivity index (χ0n) is 11.7. The van der Waals surface area contributed by atoms with Gasteiger partial charge in [0.25, 0.3) is 0 Å². The molecule has 2 aromatic carbocycles. The quantitative estimate of drug-likeness (QED) is 0.288. The second kappa shape index (κ2) is 6.34. The fourth-order valence-electron chi connectivity index (χ4n) is 3.57. The molecule has 1 aliphatic carbocycles. The van der Waals surface area contributed by atoms with Gasteiger partial charge in [0, 0.05) is 30.8 Å². The van der Waals surface area contributed by atoms with E-state index in [2.05, 4.69) is 128 Å². The summed E-state index contributed by atoms with van der Waals surface area (Å²) in [5, 5.41) is 0. The third-order valence-electron chi connectivity index (χ3n) is 4.60. The number of rotatable bonds is 2. The van der Waals surface area contributed by atoms with E-state index in [9.17, 15) is 0 Å². The predicted octanol–water partition coefficient (Wildman–Crippen LogP) is 7.19. The SMILES string of the molecule is CCC1(CC)c2cc(I)cc(I)c2-c2c(I)cc(I)cc21. The first-order valence-electron chi connectivity index (χ1n) is 6.94. The van der Waals surface area contributed by atoms with Gasteiger partial charge in [-0.2, -0.15) is 0 Å². The Morgan fingerprint density at radius 3 is 1.43 bits per heavy atom. The van der Waals surface area contributed by atoms with Gasteiger partial charge in [0.1, 0.15) is 0 Å². The molecule has 0 spiro atoms. The summed E-state index contributed by atoms with van der Waals surface area (Å²) in [7, 11) is 0. The van der Waals surface area contributed by atoms with Crippen molar-refractivity contribution in [1.29, 1.82) is 0 Å². The van der Waals surface area contributed by atoms with Gasteiger partial charge in [-0.15, -0.1) is 0 Å². The van der Waals surface area contributed by atoms with Gasteiger partial charge in [-0.3, -0.25) is 0 Å². The molecular weight excluding hydrogens is 712 g/mol. The van der Waals surface area contributed by atoms with Crippen molar-refractivity contribution in [1.82, 2.24) is 0 Å². The van der Waals surface area contributed by atoms with Crippen LogP contribution in [-0.2, 0) is 5.41 Å². The minimum Gasteiger partial charge on any atom is -0.0642 e. The predicted molar refractivity (Wildman–Crippen MR) is 124 cm³/mol. The molecular formula is C17H14I4. The third-order valence-corrected chi connectivity index (χ3v) is 7.55. The molecule has 0 fully saturated rings. The summed E-state index contributed by atoms with van der Waals surface area (Å²) in [6.07, 6.45) is 2.33. The third kappa shape index (κ3) is 2.61. The van der Waals surface area contributed by atoms with Gasteiger partial charge in [-0.1, -0.05) is 13.8 Å². The molecule has 0 aliphatic heterocycles. The lowest BCUT2D eigenvalue weighted by atomic mass is 9.74. The molecule has 0 N–H and O–H groups in total. The van der Waals surface area contributed by atoms with E-state index in [1.54, 1.807) is 11.1 Å². The van der Waals surface area contributed by atoms with E-state index in [-0.39, 0.29) is 5.41 Å². The van der Waals surface area contributed by atoms with Crippen molar-refractivity contribution in [3.05, 3.63) is 49.7 Å². The monoisotopic (exact) mass is 726 g/mol. The molecule has 2 aromatic rings. The molecule has 0 nitrogen and oxygen atoms in total. The molecule has 0 atom stereocenters. The molecule has 21 heavy (non-hydrogen) atoms. The Bertz CT molecular complexity index is 671. The first kappa shape index (κ1) is 17.2. The van der Waals surface area contributed by atoms with E-state index >= 15 is 0 Å². The second-order valence-electron chi connectivity index (χ2n) is 5.41. The maximum atomic E-state index is 2.51. The Balaban J connectivity index is 2.49. The van der Waals surface area contributed by atoms with Gasteiger partial charge in [0.15, 0.2) is 0 Å². The highest BCUT2D eigenvalue weighted by molar-refractivity contribution is 14.1. The summed E-state index contributed by atoms with van der Waals surface area (Å²) < 4.78 is 5.47. The minimum atomic E-state index is 0.187. The Morgan fingerprint density at radius 1 is 0.714 bits per heavy atom. The van der Waals surface area contributed by atoms with Gasteiger partial charge < -0.3 is 0 Å². The van der Waals surface area contributed by atoms with E-state index in [1.165, 1.54) is 25.4 Å². The maximum Gasteiger partial charge on any atom is 0.0222 e. The molecule has 0 bridgehead atoms. The number of hydrogen-bond acceptors (Lipinski definition) is 0. The van der Waals surface area contributed by atoms with E-state index in [1.807, 2.05) is 0 Å². The van der Waals surface area contributed by atoms with Crippen LogP contribution in [0.2, 0.25) is 0 Å². The lowest BCUT2D eigenvalue weighted by molar-refractivity contribution is 0.490. The average molecular weight is 726 g/mol. The summed E-state index contributed by atoms with van der Waals surface area (Å²) >= 11 is 9.94. The van der Waals surface area contributed by atoms with Gasteiger partial charge in [0.05, 0.1) is 0 Å². The van der Waals surface area contributed by atoms with Crippen molar-refractivity contribution in [2.75, 3.05) is 0 Å².